The fourth-order valence-electron chi connectivity index (χ4n) is 2.73. The number of nitrogens with one attached hydrogen (secondary N) is 1. The third-order valence-electron chi connectivity index (χ3n) is 3.62. The van der Waals surface area contributed by atoms with Gasteiger partial charge in [0.1, 0.15) is 0 Å². The average molecular weight is 238 g/mol. The third-order valence-corrected chi connectivity index (χ3v) is 3.94. The number of rotatable bonds is 2. The Morgan fingerprint density at radius 2 is 1.88 bits per heavy atom. The van der Waals surface area contributed by atoms with Crippen molar-refractivity contribution < 1.29 is 0 Å². The molecule has 0 spiro atoms. The molecule has 0 saturated heterocycles. The first kappa shape index (κ1) is 11.9. The Hall–Kier alpha value is -0.570. The molecule has 0 atom stereocenters. The van der Waals surface area contributed by atoms with Crippen molar-refractivity contribution in [2.45, 2.75) is 64.3 Å². The molecule has 90 valence electrons. The van der Waals surface area contributed by atoms with Crippen molar-refractivity contribution in [3.63, 3.8) is 0 Å². The van der Waals surface area contributed by atoms with Crippen molar-refractivity contribution in [2.24, 2.45) is 0 Å². The van der Waals surface area contributed by atoms with Crippen molar-refractivity contribution in [2.75, 3.05) is 0 Å². The molecule has 1 heterocycles. The van der Waals surface area contributed by atoms with E-state index in [4.69, 9.17) is 12.2 Å². The second-order valence-electron chi connectivity index (χ2n) is 5.19. The standard InChI is InChI=1S/C13H22N2S/c1-10(2)12-9-14-13(16)15(12)11-7-5-3-4-6-8-11/h9-11H,3-8H2,1-2H3,(H,14,16). The molecular formula is C13H22N2S. The Kier molecular flexibility index (Phi) is 3.85. The molecule has 0 unspecified atom stereocenters. The van der Waals surface area contributed by atoms with Crippen LogP contribution < -0.4 is 0 Å². The van der Waals surface area contributed by atoms with Crippen LogP contribution in [-0.2, 0) is 0 Å². The molecule has 1 N–H and O–H groups in total. The first-order chi connectivity index (χ1) is 7.70. The Labute approximate surface area is 103 Å². The monoisotopic (exact) mass is 238 g/mol. The maximum absolute atomic E-state index is 5.42. The minimum Gasteiger partial charge on any atom is -0.337 e. The number of imidazole rings is 1. The zero-order valence-electron chi connectivity index (χ0n) is 10.3. The number of H-pyrrole nitrogens is 1. The Bertz CT molecular complexity index is 381. The van der Waals surface area contributed by atoms with E-state index in [9.17, 15) is 0 Å². The zero-order chi connectivity index (χ0) is 11.5. The van der Waals surface area contributed by atoms with Gasteiger partial charge in [-0.3, -0.25) is 0 Å². The van der Waals surface area contributed by atoms with Gasteiger partial charge in [-0.25, -0.2) is 0 Å². The summed E-state index contributed by atoms with van der Waals surface area (Å²) in [5.41, 5.74) is 1.37. The molecule has 1 saturated carbocycles. The van der Waals surface area contributed by atoms with E-state index < -0.39 is 0 Å². The second kappa shape index (κ2) is 5.17. The first-order valence-corrected chi connectivity index (χ1v) is 6.91. The van der Waals surface area contributed by atoms with Crippen LogP contribution in [0.2, 0.25) is 0 Å². The van der Waals surface area contributed by atoms with Gasteiger partial charge >= 0.3 is 0 Å². The lowest BCUT2D eigenvalue weighted by Crippen LogP contribution is -2.12. The van der Waals surface area contributed by atoms with E-state index in [0.717, 1.165) is 4.77 Å². The summed E-state index contributed by atoms with van der Waals surface area (Å²) in [6.07, 6.45) is 10.2. The predicted octanol–water partition coefficient (Wildman–Crippen LogP) is 4.56. The van der Waals surface area contributed by atoms with E-state index >= 15 is 0 Å². The van der Waals surface area contributed by atoms with Gasteiger partial charge in [0.05, 0.1) is 0 Å². The number of nitrogens with zero attached hydrogens (tertiary/aromatic N) is 1. The third kappa shape index (κ3) is 2.40. The lowest BCUT2D eigenvalue weighted by molar-refractivity contribution is 0.422. The molecule has 0 aromatic carbocycles. The summed E-state index contributed by atoms with van der Waals surface area (Å²) < 4.78 is 3.29. The van der Waals surface area contributed by atoms with E-state index in [0.29, 0.717) is 12.0 Å². The molecule has 16 heavy (non-hydrogen) atoms. The molecule has 1 aromatic rings. The number of hydrogen-bond acceptors (Lipinski definition) is 1. The quantitative estimate of drug-likeness (QED) is 0.591. The molecule has 3 heteroatoms. The smallest absolute Gasteiger partial charge is 0.177 e. The highest BCUT2D eigenvalue weighted by Gasteiger charge is 2.18. The van der Waals surface area contributed by atoms with E-state index in [1.165, 1.54) is 44.2 Å². The van der Waals surface area contributed by atoms with E-state index in [1.54, 1.807) is 0 Å². The summed E-state index contributed by atoms with van der Waals surface area (Å²) in [6, 6.07) is 0.638. The molecule has 2 nitrogen and oxygen atoms in total. The van der Waals surface area contributed by atoms with Crippen LogP contribution >= 0.6 is 12.2 Å². The van der Waals surface area contributed by atoms with E-state index in [1.807, 2.05) is 0 Å². The molecule has 1 fully saturated rings. The van der Waals surface area contributed by atoms with Crippen LogP contribution in [0.3, 0.4) is 0 Å². The molecule has 0 aliphatic heterocycles. The van der Waals surface area contributed by atoms with Gasteiger partial charge in [-0.15, -0.1) is 0 Å². The Balaban J connectivity index is 2.30. The molecular weight excluding hydrogens is 216 g/mol. The van der Waals surface area contributed by atoms with Crippen molar-refractivity contribution in [3.05, 3.63) is 16.7 Å². The summed E-state index contributed by atoms with van der Waals surface area (Å²) >= 11 is 5.42. The molecule has 2 rings (SSSR count). The topological polar surface area (TPSA) is 20.7 Å². The fraction of sp³-hybridized carbons (Fsp3) is 0.769. The van der Waals surface area contributed by atoms with Crippen LogP contribution in [0, 0.1) is 4.77 Å². The SMILES string of the molecule is CC(C)c1c[nH]c(=S)n1C1CCCCCC1. The highest BCUT2D eigenvalue weighted by atomic mass is 32.1. The maximum atomic E-state index is 5.42. The minimum absolute atomic E-state index is 0.552. The highest BCUT2D eigenvalue weighted by molar-refractivity contribution is 7.71. The van der Waals surface area contributed by atoms with Gasteiger partial charge in [0.25, 0.3) is 0 Å². The van der Waals surface area contributed by atoms with Gasteiger partial charge in [0.2, 0.25) is 0 Å². The molecule has 1 aliphatic carbocycles. The summed E-state index contributed by atoms with van der Waals surface area (Å²) in [5, 5.41) is 0. The van der Waals surface area contributed by atoms with Gasteiger partial charge < -0.3 is 9.55 Å². The van der Waals surface area contributed by atoms with Crippen LogP contribution in [0.15, 0.2) is 6.20 Å². The molecule has 0 bridgehead atoms. The van der Waals surface area contributed by atoms with E-state index in [-0.39, 0.29) is 0 Å². The van der Waals surface area contributed by atoms with Crippen LogP contribution in [0.4, 0.5) is 0 Å². The first-order valence-electron chi connectivity index (χ1n) is 6.50. The maximum Gasteiger partial charge on any atom is 0.177 e. The van der Waals surface area contributed by atoms with Crippen molar-refractivity contribution >= 4 is 12.2 Å². The number of aromatic amines is 1. The van der Waals surface area contributed by atoms with Crippen LogP contribution in [0.25, 0.3) is 0 Å². The van der Waals surface area contributed by atoms with E-state index in [2.05, 4.69) is 29.6 Å². The molecule has 1 aromatic heterocycles. The largest absolute Gasteiger partial charge is 0.337 e. The lowest BCUT2D eigenvalue weighted by Gasteiger charge is -2.20. The highest BCUT2D eigenvalue weighted by Crippen LogP contribution is 2.30. The summed E-state index contributed by atoms with van der Waals surface area (Å²) in [4.78, 5) is 3.21. The van der Waals surface area contributed by atoms with Crippen molar-refractivity contribution in [1.29, 1.82) is 0 Å². The van der Waals surface area contributed by atoms with Gasteiger partial charge in [0.15, 0.2) is 4.77 Å². The van der Waals surface area contributed by atoms with Gasteiger partial charge in [-0.05, 0) is 31.0 Å². The Morgan fingerprint density at radius 3 is 2.44 bits per heavy atom. The van der Waals surface area contributed by atoms with Gasteiger partial charge in [-0.2, -0.15) is 0 Å². The van der Waals surface area contributed by atoms with Crippen LogP contribution in [-0.4, -0.2) is 9.55 Å². The van der Waals surface area contributed by atoms with Crippen molar-refractivity contribution in [1.82, 2.24) is 9.55 Å². The minimum atomic E-state index is 0.552. The molecule has 1 aliphatic rings. The summed E-state index contributed by atoms with van der Waals surface area (Å²) in [6.45, 7) is 4.48. The predicted molar refractivity (Wildman–Crippen MR) is 70.4 cm³/mol. The summed E-state index contributed by atoms with van der Waals surface area (Å²) in [7, 11) is 0. The fourth-order valence-corrected chi connectivity index (χ4v) is 3.04. The molecule has 0 radical (unpaired) electrons. The number of hydrogen-bond donors (Lipinski definition) is 1. The van der Waals surface area contributed by atoms with Crippen molar-refractivity contribution in [3.8, 4) is 0 Å². The Morgan fingerprint density at radius 1 is 1.25 bits per heavy atom. The zero-order valence-corrected chi connectivity index (χ0v) is 11.1. The average Bonchev–Trinajstić information content (AvgIpc) is 2.50. The number of aromatic nitrogens is 2. The van der Waals surface area contributed by atoms with Gasteiger partial charge in [0, 0.05) is 17.9 Å². The second-order valence-corrected chi connectivity index (χ2v) is 5.58. The van der Waals surface area contributed by atoms with Gasteiger partial charge in [-0.1, -0.05) is 39.5 Å². The van der Waals surface area contributed by atoms with Crippen LogP contribution in [0.1, 0.15) is 70.0 Å². The summed E-state index contributed by atoms with van der Waals surface area (Å²) in [5.74, 6) is 0.552. The molecule has 0 amide bonds. The normalized spacial score (nSPS) is 18.9. The van der Waals surface area contributed by atoms with Crippen LogP contribution in [0.5, 0.6) is 0 Å². The lowest BCUT2D eigenvalue weighted by atomic mass is 10.1.